The lowest BCUT2D eigenvalue weighted by molar-refractivity contribution is 0.631. The molecule has 2 heteroatoms. The SMILES string of the molecule is CC1(C)c2ccccc2N(c2cccc3c2sc2c4c(ccc23)C2(c3ccccc3-c3ccccc32)c2ccc3c5c(ccc-4c25)C=C3)c2cc3c(cc21)-c1ccccc1C3(c1ccccc1)c1ccccc1. The van der Waals surface area contributed by atoms with E-state index in [1.165, 1.54) is 148 Å². The maximum atomic E-state index is 2.64. The van der Waals surface area contributed by atoms with Crippen LogP contribution in [0.2, 0.25) is 0 Å². The van der Waals surface area contributed by atoms with Crippen molar-refractivity contribution in [2.75, 3.05) is 4.90 Å². The van der Waals surface area contributed by atoms with Crippen molar-refractivity contribution in [1.82, 2.24) is 0 Å². The fourth-order valence-electron chi connectivity index (χ4n) is 15.0. The molecule has 0 saturated heterocycles. The van der Waals surface area contributed by atoms with E-state index in [-0.39, 0.29) is 5.41 Å². The third-order valence-electron chi connectivity index (χ3n) is 17.9. The molecule has 1 aliphatic heterocycles. The molecule has 5 aliphatic rings. The van der Waals surface area contributed by atoms with Gasteiger partial charge in [0.2, 0.25) is 0 Å². The van der Waals surface area contributed by atoms with Crippen molar-refractivity contribution in [3.63, 3.8) is 0 Å². The second-order valence-corrected chi connectivity index (χ2v) is 22.4. The minimum Gasteiger partial charge on any atom is -0.308 e. The quantitative estimate of drug-likeness (QED) is 0.171. The summed E-state index contributed by atoms with van der Waals surface area (Å²) in [5.74, 6) is 0. The van der Waals surface area contributed by atoms with E-state index in [0.29, 0.717) is 0 Å². The summed E-state index contributed by atoms with van der Waals surface area (Å²) in [7, 11) is 0. The highest BCUT2D eigenvalue weighted by Gasteiger charge is 2.52. The standard InChI is InChI=1S/C71H45NS/c1-69(2)56-29-15-16-30-61(56)72(63-41-59-52(40-60(63)69)48-24-11-12-26-53(48)70(59,44-18-5-3-6-19-44)45-20-7-4-8-21-45)62-31-17-25-49-50-37-39-58-66(68(50)73-67(49)62)51-36-34-42-32-33-43-35-38-57(65(51)64(42)43)71(58)54-27-13-9-22-46(54)47-23-10-14-28-55(47)71/h3-41H,1-2H3. The maximum absolute atomic E-state index is 2.64. The van der Waals surface area contributed by atoms with Gasteiger partial charge in [0.1, 0.15) is 0 Å². The first kappa shape index (κ1) is 40.1. The summed E-state index contributed by atoms with van der Waals surface area (Å²) in [4.78, 5) is 2.64. The van der Waals surface area contributed by atoms with Crippen LogP contribution >= 0.6 is 11.3 Å². The van der Waals surface area contributed by atoms with Crippen molar-refractivity contribution < 1.29 is 0 Å². The van der Waals surface area contributed by atoms with Crippen LogP contribution in [-0.4, -0.2) is 0 Å². The average molecular weight is 944 g/mol. The van der Waals surface area contributed by atoms with Gasteiger partial charge in [0.25, 0.3) is 0 Å². The summed E-state index contributed by atoms with van der Waals surface area (Å²) < 4.78 is 2.65. The van der Waals surface area contributed by atoms with Gasteiger partial charge in [-0.2, -0.15) is 0 Å². The molecule has 1 nitrogen and oxygen atoms in total. The summed E-state index contributed by atoms with van der Waals surface area (Å²) in [6, 6.07) is 86.1. The van der Waals surface area contributed by atoms with Crippen LogP contribution in [0.4, 0.5) is 17.1 Å². The van der Waals surface area contributed by atoms with Gasteiger partial charge in [0.05, 0.1) is 32.6 Å². The Balaban J connectivity index is 0.978. The predicted octanol–water partition coefficient (Wildman–Crippen LogP) is 18.5. The molecule has 11 aromatic carbocycles. The Kier molecular flexibility index (Phi) is 7.63. The summed E-state index contributed by atoms with van der Waals surface area (Å²) in [6.07, 6.45) is 4.63. The lowest BCUT2D eigenvalue weighted by Crippen LogP contribution is -2.32. The van der Waals surface area contributed by atoms with Crippen LogP contribution in [-0.2, 0) is 16.2 Å². The molecule has 73 heavy (non-hydrogen) atoms. The molecule has 2 heterocycles. The van der Waals surface area contributed by atoms with Gasteiger partial charge in [-0.25, -0.2) is 0 Å². The molecule has 1 spiro atoms. The smallest absolute Gasteiger partial charge is 0.0726 e. The molecule has 1 aromatic heterocycles. The third-order valence-corrected chi connectivity index (χ3v) is 19.2. The van der Waals surface area contributed by atoms with Gasteiger partial charge in [-0.05, 0) is 130 Å². The highest BCUT2D eigenvalue weighted by molar-refractivity contribution is 7.27. The van der Waals surface area contributed by atoms with E-state index in [1.54, 1.807) is 0 Å². The second-order valence-electron chi connectivity index (χ2n) is 21.4. The number of hydrogen-bond acceptors (Lipinski definition) is 2. The number of nitrogens with zero attached hydrogens (tertiary/aromatic N) is 1. The number of thiophene rings is 1. The van der Waals surface area contributed by atoms with E-state index < -0.39 is 10.8 Å². The molecule has 12 aromatic rings. The molecule has 0 bridgehead atoms. The molecule has 0 N–H and O–H groups in total. The average Bonchev–Trinajstić information content (AvgIpc) is 4.21. The Morgan fingerprint density at radius 2 is 0.877 bits per heavy atom. The summed E-state index contributed by atoms with van der Waals surface area (Å²) in [5, 5.41) is 5.37. The molecule has 0 fully saturated rings. The number of para-hydroxylation sites is 1. The van der Waals surface area contributed by atoms with Gasteiger partial charge < -0.3 is 4.90 Å². The van der Waals surface area contributed by atoms with Crippen LogP contribution < -0.4 is 4.90 Å². The van der Waals surface area contributed by atoms with Gasteiger partial charge in [0.15, 0.2) is 0 Å². The molecule has 0 saturated carbocycles. The number of rotatable bonds is 3. The van der Waals surface area contributed by atoms with Crippen molar-refractivity contribution in [3.8, 4) is 33.4 Å². The molecule has 0 unspecified atom stereocenters. The van der Waals surface area contributed by atoms with Crippen LogP contribution in [0, 0.1) is 0 Å². The first-order valence-corrected chi connectivity index (χ1v) is 26.6. The van der Waals surface area contributed by atoms with Gasteiger partial charge in [-0.15, -0.1) is 11.3 Å². The van der Waals surface area contributed by atoms with Crippen molar-refractivity contribution in [2.45, 2.75) is 30.1 Å². The predicted molar refractivity (Wildman–Crippen MR) is 306 cm³/mol. The Bertz CT molecular complexity index is 4380. The van der Waals surface area contributed by atoms with Crippen LogP contribution in [0.25, 0.3) is 76.5 Å². The van der Waals surface area contributed by atoms with Crippen LogP contribution in [0.1, 0.15) is 80.6 Å². The van der Waals surface area contributed by atoms with Crippen molar-refractivity contribution in [2.24, 2.45) is 0 Å². The molecule has 4 aliphatic carbocycles. The Morgan fingerprint density at radius 1 is 0.329 bits per heavy atom. The second kappa shape index (κ2) is 13.9. The Labute approximate surface area is 428 Å². The van der Waals surface area contributed by atoms with Crippen LogP contribution in [0.5, 0.6) is 0 Å². The zero-order chi connectivity index (χ0) is 48.0. The fourth-order valence-corrected chi connectivity index (χ4v) is 16.4. The van der Waals surface area contributed by atoms with E-state index in [4.69, 9.17) is 0 Å². The van der Waals surface area contributed by atoms with Crippen molar-refractivity contribution in [1.29, 1.82) is 0 Å². The zero-order valence-corrected chi connectivity index (χ0v) is 41.2. The van der Waals surface area contributed by atoms with Crippen molar-refractivity contribution >= 4 is 71.5 Å². The van der Waals surface area contributed by atoms with E-state index in [0.717, 1.165) is 0 Å². The van der Waals surface area contributed by atoms with E-state index in [1.807, 2.05) is 11.3 Å². The largest absolute Gasteiger partial charge is 0.308 e. The number of hydrogen-bond donors (Lipinski definition) is 0. The lowest BCUT2D eigenvalue weighted by Gasteiger charge is -2.43. The van der Waals surface area contributed by atoms with Crippen LogP contribution in [0.15, 0.2) is 224 Å². The molecule has 17 rings (SSSR count). The first-order valence-electron chi connectivity index (χ1n) is 25.8. The van der Waals surface area contributed by atoms with Gasteiger partial charge in [0, 0.05) is 26.5 Å². The van der Waals surface area contributed by atoms with Gasteiger partial charge in [-0.1, -0.05) is 226 Å². The normalized spacial score (nSPS) is 15.8. The Hall–Kier alpha value is -8.56. The Morgan fingerprint density at radius 3 is 1.56 bits per heavy atom. The monoisotopic (exact) mass is 943 g/mol. The van der Waals surface area contributed by atoms with Gasteiger partial charge in [-0.3, -0.25) is 0 Å². The fraction of sp³-hybridized carbons (Fsp3) is 0.0704. The molecular formula is C71H45NS. The number of anilines is 3. The third kappa shape index (κ3) is 4.71. The highest BCUT2D eigenvalue weighted by Crippen LogP contribution is 2.66. The summed E-state index contributed by atoms with van der Waals surface area (Å²) in [5.41, 5.74) is 26.3. The lowest BCUT2D eigenvalue weighted by atomic mass is 9.61. The maximum Gasteiger partial charge on any atom is 0.0726 e. The first-order chi connectivity index (χ1) is 36.0. The molecular weight excluding hydrogens is 899 g/mol. The molecule has 0 atom stereocenters. The topological polar surface area (TPSA) is 3.24 Å². The molecule has 340 valence electrons. The van der Waals surface area contributed by atoms with Crippen LogP contribution in [0.3, 0.4) is 0 Å². The minimum absolute atomic E-state index is 0.283. The van der Waals surface area contributed by atoms with E-state index in [9.17, 15) is 0 Å². The van der Waals surface area contributed by atoms with E-state index >= 15 is 0 Å². The highest BCUT2D eigenvalue weighted by atomic mass is 32.1. The summed E-state index contributed by atoms with van der Waals surface area (Å²) >= 11 is 1.98. The number of benzene rings is 11. The van der Waals surface area contributed by atoms with Gasteiger partial charge >= 0.3 is 0 Å². The summed E-state index contributed by atoms with van der Waals surface area (Å²) in [6.45, 7) is 4.86. The zero-order valence-electron chi connectivity index (χ0n) is 40.4. The minimum atomic E-state index is -0.527. The van der Waals surface area contributed by atoms with Crippen molar-refractivity contribution in [3.05, 3.63) is 291 Å². The van der Waals surface area contributed by atoms with E-state index in [2.05, 4.69) is 255 Å². The molecule has 0 radical (unpaired) electrons. The molecule has 0 amide bonds. The number of fused-ring (bicyclic) bond motifs is 18.